The van der Waals surface area contributed by atoms with E-state index in [9.17, 15) is 94.9 Å². The van der Waals surface area contributed by atoms with Crippen molar-refractivity contribution in [1.82, 2.24) is 34.7 Å². The minimum absolute atomic E-state index is 0. The van der Waals surface area contributed by atoms with Gasteiger partial charge in [0.25, 0.3) is 35.9 Å². The third-order valence-corrected chi connectivity index (χ3v) is 24.9. The number of halogens is 4. The van der Waals surface area contributed by atoms with Crippen LogP contribution in [-0.2, 0) is 68.5 Å². The summed E-state index contributed by atoms with van der Waals surface area (Å²) in [6.07, 6.45) is -1.31. The molecule has 16 rings (SSSR count). The molecular weight excluding hydrogens is 1860 g/mol. The van der Waals surface area contributed by atoms with Crippen LogP contribution in [0.25, 0.3) is 0 Å². The van der Waals surface area contributed by atoms with Gasteiger partial charge in [-0.2, -0.15) is 0 Å². The molecule has 5 saturated carbocycles. The molecule has 12 aliphatic rings. The van der Waals surface area contributed by atoms with Crippen molar-refractivity contribution >= 4 is 84.4 Å². The van der Waals surface area contributed by atoms with Gasteiger partial charge in [-0.3, -0.25) is 63.5 Å². The van der Waals surface area contributed by atoms with Crippen LogP contribution in [0.15, 0.2) is 94.3 Å². The fourth-order valence-electron chi connectivity index (χ4n) is 19.5. The van der Waals surface area contributed by atoms with Gasteiger partial charge in [-0.05, 0) is 241 Å². The van der Waals surface area contributed by atoms with Crippen molar-refractivity contribution in [3.8, 4) is 5.75 Å². The molecule has 4 aromatic rings. The average molecular weight is 1990 g/mol. The minimum atomic E-state index is -1.10. The van der Waals surface area contributed by atoms with E-state index in [1.807, 2.05) is 39.0 Å². The third kappa shape index (κ3) is 27.8. The fourth-order valence-corrected chi connectivity index (χ4v) is 19.5. The number of ether oxygens (including phenoxy) is 10. The molecule has 3 aromatic carbocycles. The van der Waals surface area contributed by atoms with Gasteiger partial charge >= 0.3 is 83.9 Å². The monoisotopic (exact) mass is 1980 g/mol. The Morgan fingerprint density at radius 2 is 0.814 bits per heavy atom. The summed E-state index contributed by atoms with van der Waals surface area (Å²) in [5.74, 6) is -4.75. The van der Waals surface area contributed by atoms with Gasteiger partial charge in [0.1, 0.15) is 83.2 Å². The zero-order valence-corrected chi connectivity index (χ0v) is 84.6. The number of aliphatic hydroxyl groups is 2. The quantitative estimate of drug-likeness (QED) is 0.0137. The van der Waals surface area contributed by atoms with E-state index in [1.54, 1.807) is 158 Å². The molecule has 10 fully saturated rings. The second-order valence-electron chi connectivity index (χ2n) is 40.3. The summed E-state index contributed by atoms with van der Waals surface area (Å²) in [6.45, 7) is 30.1. The van der Waals surface area contributed by atoms with Gasteiger partial charge in [0.15, 0.2) is 0 Å². The predicted octanol–water partition coefficient (Wildman–Crippen LogP) is 7.81. The summed E-state index contributed by atoms with van der Waals surface area (Å²) >= 11 is 0. The fraction of sp³-hybridized carbons (Fsp3) is 0.619. The predicted molar refractivity (Wildman–Crippen MR) is 482 cm³/mol. The number of rotatable bonds is 14. The number of esters is 4. The van der Waals surface area contributed by atoms with Crippen molar-refractivity contribution < 1.29 is 186 Å². The number of carbonyl (C=O) groups excluding carboxylic acids is 14. The van der Waals surface area contributed by atoms with Gasteiger partial charge in [-0.15, -0.1) is 0 Å². The van der Waals surface area contributed by atoms with Crippen molar-refractivity contribution in [3.05, 3.63) is 134 Å². The minimum Gasteiger partial charge on any atom is -0.662 e. The molecule has 0 spiro atoms. The Kier molecular flexibility index (Phi) is 39.3. The number of imide groups is 2. The van der Waals surface area contributed by atoms with Gasteiger partial charge < -0.3 is 77.9 Å². The first kappa shape index (κ1) is 114. The zero-order chi connectivity index (χ0) is 103. The molecule has 5 aliphatic carbocycles. The zero-order valence-electron chi connectivity index (χ0n) is 82.6. The Balaban J connectivity index is 0.000000201. The maximum Gasteiger partial charge on any atom is 1.00 e. The molecule has 20 atom stereocenters. The van der Waals surface area contributed by atoms with Gasteiger partial charge in [-0.1, -0.05) is 54.6 Å². The van der Waals surface area contributed by atoms with Crippen LogP contribution in [-0.4, -0.2) is 290 Å². The Morgan fingerprint density at radius 1 is 0.479 bits per heavy atom. The first-order valence-corrected chi connectivity index (χ1v) is 46.2. The molecule has 140 heavy (non-hydrogen) atoms. The number of piperidine rings is 5. The Hall–Kier alpha value is -11.0. The molecule has 43 heteroatoms. The molecule has 1 aromatic heterocycles. The molecule has 10 bridgehead atoms. The molecule has 5 unspecified atom stereocenters. The SMILES string of the molecule is CC(C)(C)OC(=O)N1C2C[C@@H](C[C@H]2F)[C@@H]1CN.CC(C)(C)OC(=O)N1C2C[C@@H](C[C@H]2F)[C@@H]1CN1C(=O)c2ccccc2C1=O.CC(C)(C)OC(=O)N1C2C[C@@H](C[C@H]2F)[C@@H]1CO.CCOC(=O)c1occ(C(=O)OCC)c(=O)c1OCc1ccccc1.COC(=O)[C@H]1[C@H]2CC([C@H](F)C2)N1C(=O)OC(C)(C)C.COC(=O)[C@H]1[C@H]2CC([C@H](O)C2)N1C(=O)OC(C)(C)C.O=C1NC(=O)c2ccccc21.O=CO[O-].[Na+]. The Morgan fingerprint density at radius 3 is 1.21 bits per heavy atom. The number of nitrogens with zero attached hydrogens (tertiary/aromatic N) is 6. The summed E-state index contributed by atoms with van der Waals surface area (Å²) in [5.41, 5.74) is 3.85. The summed E-state index contributed by atoms with van der Waals surface area (Å²) in [7, 11) is 2.58. The van der Waals surface area contributed by atoms with Crippen LogP contribution in [0, 0.1) is 29.6 Å². The summed E-state index contributed by atoms with van der Waals surface area (Å²) in [4.78, 5) is 188. The van der Waals surface area contributed by atoms with Crippen LogP contribution >= 0.6 is 0 Å². The topological polar surface area (TPSA) is 492 Å². The number of benzene rings is 3. The molecule has 0 radical (unpaired) electrons. The third-order valence-electron chi connectivity index (χ3n) is 24.9. The van der Waals surface area contributed by atoms with E-state index in [0.29, 0.717) is 86.6 Å². The number of likely N-dealkylation sites (tertiary alicyclic amines) is 5. The maximum absolute atomic E-state index is 14.3. The number of hydrogen-bond donors (Lipinski definition) is 4. The van der Waals surface area contributed by atoms with E-state index in [1.165, 1.54) is 43.6 Å². The van der Waals surface area contributed by atoms with Crippen molar-refractivity contribution in [2.45, 2.75) is 308 Å². The van der Waals surface area contributed by atoms with E-state index < -0.39 is 161 Å². The standard InChI is InChI=1S/C20H23FN2O4.C18H18O7.C13H20FNO4.C13H21NO5.C12H21FN2O2.C12H20FNO3.C8H5NO2.CH2O3.Na/c1-20(2,3)27-19(26)23-15-9-11(8-14(15)21)16(23)10-22-17(24)12-6-4-5-7-13(12)18(22)25;1-3-22-17(20)13-11-25-16(18(21)23-4-2)15(14(13)19)24-10-12-8-6-5-7-9-12;1-13(2,3)19-12(17)15-9-6-7(5-8(9)14)10(15)11(16)18-4;1-13(2,3)19-12(17)14-8-5-7(6-9(8)15)10(14)11(16)18-4;1-12(2,3)17-11(16)15-9-5-7(4-8(9)13)10(15)6-14;1-12(2,3)17-11(16)14-9-5-7(4-8(9)13)10(14)6-15;10-7-5-3-1-2-4-6(5)8(11)9-7;2-1-4-3;/h4-7,11,14-16H,8-10H2,1-3H3;5-9,11H,3-4,10H2,1-2H3;7-10H,5-6H2,1-4H3;7-10,15H,5-6H2,1-4H3;7-10H,4-6,14H2,1-3H3;7-10,15H,4-6H2,1-3H3;1-4H,(H,9,10,11);1,3H;/q;;;;;;;;+1/p-1/t11-,14-,15?,16+;;7-,8-,9?,10-;7-,8?,9+,10+;2*7-,8-,9?,10+;;;/m1.1011.../s1. The number of nitrogens with one attached hydrogen (secondary N) is 1. The van der Waals surface area contributed by atoms with Crippen molar-refractivity contribution in [2.24, 2.45) is 35.3 Å². The van der Waals surface area contributed by atoms with E-state index >= 15 is 0 Å². The van der Waals surface area contributed by atoms with Crippen molar-refractivity contribution in [2.75, 3.05) is 47.1 Å². The van der Waals surface area contributed by atoms with Gasteiger partial charge in [0.05, 0.1) is 117 Å². The molecule has 5 saturated heterocycles. The number of aliphatic hydroxyl groups excluding tert-OH is 2. The summed E-state index contributed by atoms with van der Waals surface area (Å²) < 4.78 is 112. The number of alkyl halides is 4. The van der Waals surface area contributed by atoms with Crippen LogP contribution < -0.4 is 56.0 Å². The number of fused-ring (bicyclic) bond motifs is 12. The van der Waals surface area contributed by atoms with Gasteiger partial charge in [-0.25, -0.2) is 60.7 Å². The van der Waals surface area contributed by atoms with Gasteiger partial charge in [0, 0.05) is 6.54 Å². The molecule has 7 aliphatic heterocycles. The van der Waals surface area contributed by atoms with E-state index in [2.05, 4.69) is 10.2 Å². The number of methoxy groups -OCH3 is 2. The molecule has 38 nitrogen and oxygen atoms in total. The van der Waals surface area contributed by atoms with E-state index in [-0.39, 0.29) is 158 Å². The molecule has 8 heterocycles. The molecule has 9 amide bonds. The van der Waals surface area contributed by atoms with Crippen molar-refractivity contribution in [3.63, 3.8) is 0 Å². The van der Waals surface area contributed by atoms with Crippen LogP contribution in [0.5, 0.6) is 5.75 Å². The second kappa shape index (κ2) is 48.1. The van der Waals surface area contributed by atoms with Crippen molar-refractivity contribution in [1.29, 1.82) is 0 Å². The van der Waals surface area contributed by atoms with Crippen LogP contribution in [0.2, 0.25) is 0 Å². The molecule has 5 N–H and O–H groups in total. The first-order chi connectivity index (χ1) is 65.1. The van der Waals surface area contributed by atoms with E-state index in [4.69, 9.17) is 67.6 Å². The second-order valence-corrected chi connectivity index (χ2v) is 40.3. The van der Waals surface area contributed by atoms with Crippen LogP contribution in [0.3, 0.4) is 0 Å². The van der Waals surface area contributed by atoms with E-state index in [0.717, 1.165) is 18.2 Å². The average Bonchev–Trinajstić information content (AvgIpc) is 1.57. The van der Waals surface area contributed by atoms with Crippen LogP contribution in [0.4, 0.5) is 41.5 Å². The summed E-state index contributed by atoms with van der Waals surface area (Å²) in [5, 5.41) is 29.9. The Bertz CT molecular complexity index is 4930. The molecule has 766 valence electrons. The summed E-state index contributed by atoms with van der Waals surface area (Å²) in [6, 6.07) is 18.2. The Labute approximate surface area is 831 Å². The number of nitrogens with two attached hydrogens (primary N) is 1. The van der Waals surface area contributed by atoms with Gasteiger partial charge in [0.2, 0.25) is 11.2 Å². The first-order valence-electron chi connectivity index (χ1n) is 46.2. The normalized spacial score (nSPS) is 26.7. The number of amides is 9. The number of hydrogen-bond acceptors (Lipinski definition) is 31. The maximum atomic E-state index is 14.3. The largest absolute Gasteiger partial charge is 1.00 e. The molecular formula is C97H129F4N8NaO30. The number of carbonyl (C=O) groups is 14. The van der Waals surface area contributed by atoms with Crippen LogP contribution in [0.1, 0.15) is 250 Å². The smallest absolute Gasteiger partial charge is 0.662 e.